The summed E-state index contributed by atoms with van der Waals surface area (Å²) < 4.78 is 87.2. The lowest BCUT2D eigenvalue weighted by atomic mass is 9.80. The molecule has 10 rings (SSSR count). The Labute approximate surface area is 610 Å². The highest BCUT2D eigenvalue weighted by Gasteiger charge is 2.54. The SMILES string of the molecule is COc1ccc(C(OC[C@H]2O[C@@H](n3cc(CO[C@@H]4O[C@H](COC(=O)c5ccccc5)[C@@H](OC(=O)c5ccccc5)[C@H](OC(=O)c5ccccc5)[C@H]4OC(=O)c4ccccc4)c(=O)n(COC(=O)C(C)(C)C)c3=O)C[C@@H]2OP(OCCC#N)N(C(C)C)C(C)C)(c2ccccc2)c2ccc(OC)cc2)cc1. The summed E-state index contributed by atoms with van der Waals surface area (Å²) in [4.78, 5) is 102. The third-order valence-corrected chi connectivity index (χ3v) is 19.5. The quantitative estimate of drug-likeness (QED) is 0.0128. The van der Waals surface area contributed by atoms with Crippen LogP contribution in [-0.2, 0) is 75.4 Å². The maximum Gasteiger partial charge on any atom is 0.338 e. The average molecular weight is 1450 g/mol. The van der Waals surface area contributed by atoms with Crippen molar-refractivity contribution in [2.75, 3.05) is 34.0 Å². The van der Waals surface area contributed by atoms with Crippen molar-refractivity contribution in [3.63, 3.8) is 0 Å². The first-order valence-corrected chi connectivity index (χ1v) is 35.4. The van der Waals surface area contributed by atoms with Crippen LogP contribution in [0.15, 0.2) is 216 Å². The summed E-state index contributed by atoms with van der Waals surface area (Å²) >= 11 is 0. The van der Waals surface area contributed by atoms with Gasteiger partial charge in [0, 0.05) is 24.7 Å². The zero-order valence-electron chi connectivity index (χ0n) is 59.8. The molecule has 1 unspecified atom stereocenters. The second-order valence-corrected chi connectivity index (χ2v) is 27.7. The Morgan fingerprint density at radius 1 is 0.581 bits per heavy atom. The minimum atomic E-state index is -2.01. The van der Waals surface area contributed by atoms with Gasteiger partial charge in [-0.1, -0.05) is 127 Å². The standard InChI is InChI=1S/C80H85N4O20P/c1-52(2)84(53(3)4)105(98-45-25-44-81)104-64-46-67(99-65(64)50-97-80(59-34-23-14-24-35-59,60-36-40-62(92-8)41-37-60)61-38-42-63(93-9)43-39-61)82-47-58(71(85)83(78(82)91)51-96-77(90)79(5,6)7)48-95-76-70(103-75(89)57-32-21-13-22-33-57)69(102-74(88)56-30-19-12-20-31-56)68(101-73(87)55-28-17-11-18-29-55)66(100-76)49-94-72(86)54-26-15-10-16-27-54/h10-24,26-43,47,52-53,64-70,76H,25,45-46,48-51H2,1-9H3/t64-,65+,66+,67+,68+,69-,70+,76+,105?/m0/s1. The van der Waals surface area contributed by atoms with Crippen LogP contribution in [0.1, 0.15) is 131 Å². The average Bonchev–Trinajstić information content (AvgIpc) is 1.48. The van der Waals surface area contributed by atoms with Gasteiger partial charge in [0.2, 0.25) is 0 Å². The number of nitriles is 1. The zero-order chi connectivity index (χ0) is 74.8. The van der Waals surface area contributed by atoms with Crippen LogP contribution in [0, 0.1) is 16.7 Å². The lowest BCUT2D eigenvalue weighted by Gasteiger charge is -2.44. The molecule has 9 atom stereocenters. The normalized spacial score (nSPS) is 19.1. The molecule has 0 saturated carbocycles. The number of hydrogen-bond donors (Lipinski definition) is 0. The fourth-order valence-electron chi connectivity index (χ4n) is 12.1. The van der Waals surface area contributed by atoms with Crippen molar-refractivity contribution in [1.82, 2.24) is 13.8 Å². The molecular formula is C80H85N4O20P. The van der Waals surface area contributed by atoms with Gasteiger partial charge < -0.3 is 61.2 Å². The molecule has 24 nitrogen and oxygen atoms in total. The first-order chi connectivity index (χ1) is 50.6. The maximum absolute atomic E-state index is 15.5. The number of carbonyl (C=O) groups is 5. The van der Waals surface area contributed by atoms with E-state index in [1.165, 1.54) is 54.7 Å². The lowest BCUT2D eigenvalue weighted by Crippen LogP contribution is -2.63. The fraction of sp³-hybridized carbons (Fsp3) is 0.350. The highest BCUT2D eigenvalue weighted by atomic mass is 31.2. The van der Waals surface area contributed by atoms with E-state index in [0.29, 0.717) is 27.2 Å². The molecule has 2 saturated heterocycles. The number of carbonyl (C=O) groups excluding carboxylic acids is 5. The van der Waals surface area contributed by atoms with Crippen molar-refractivity contribution in [1.29, 1.82) is 5.26 Å². The molecule has 0 bridgehead atoms. The molecule has 105 heavy (non-hydrogen) atoms. The first kappa shape index (κ1) is 77.4. The molecule has 0 aliphatic carbocycles. The minimum Gasteiger partial charge on any atom is -0.497 e. The molecule has 2 fully saturated rings. The van der Waals surface area contributed by atoms with Crippen LogP contribution in [0.4, 0.5) is 0 Å². The molecule has 8 aromatic rings. The van der Waals surface area contributed by atoms with Gasteiger partial charge in [-0.15, -0.1) is 0 Å². The van der Waals surface area contributed by atoms with Gasteiger partial charge in [0.1, 0.15) is 42.1 Å². The van der Waals surface area contributed by atoms with Crippen LogP contribution >= 0.6 is 8.53 Å². The number of ether oxygens (including phenoxy) is 11. The largest absolute Gasteiger partial charge is 0.497 e. The third kappa shape index (κ3) is 19.0. The molecule has 0 spiro atoms. The number of esters is 5. The summed E-state index contributed by atoms with van der Waals surface area (Å²) in [6.45, 7) is 10.1. The number of benzene rings is 7. The third-order valence-electron chi connectivity index (χ3n) is 17.4. The van der Waals surface area contributed by atoms with Gasteiger partial charge in [-0.05, 0) is 138 Å². The summed E-state index contributed by atoms with van der Waals surface area (Å²) in [5, 5.41) is 9.76. The molecule has 25 heteroatoms. The van der Waals surface area contributed by atoms with Crippen LogP contribution < -0.4 is 20.7 Å². The molecule has 2 aliphatic heterocycles. The molecule has 2 aliphatic rings. The molecule has 550 valence electrons. The van der Waals surface area contributed by atoms with Gasteiger partial charge >= 0.3 is 35.5 Å². The fourth-order valence-corrected chi connectivity index (χ4v) is 13.9. The molecule has 1 aromatic heterocycles. The van der Waals surface area contributed by atoms with Crippen LogP contribution in [0.2, 0.25) is 0 Å². The molecule has 3 heterocycles. The second kappa shape index (κ2) is 36.0. The maximum atomic E-state index is 15.5. The Morgan fingerprint density at radius 3 is 1.52 bits per heavy atom. The van der Waals surface area contributed by atoms with Gasteiger partial charge in [0.05, 0.1) is 85.9 Å². The van der Waals surface area contributed by atoms with E-state index in [2.05, 4.69) is 6.07 Å². The zero-order valence-corrected chi connectivity index (χ0v) is 60.6. The number of rotatable bonds is 31. The Bertz CT molecular complexity index is 4310. The van der Waals surface area contributed by atoms with Gasteiger partial charge in [-0.25, -0.2) is 33.2 Å². The molecule has 0 radical (unpaired) electrons. The number of nitrogens with zero attached hydrogens (tertiary/aromatic N) is 4. The van der Waals surface area contributed by atoms with Crippen LogP contribution in [-0.4, -0.2) is 133 Å². The number of hydrogen-bond acceptors (Lipinski definition) is 22. The first-order valence-electron chi connectivity index (χ1n) is 34.3. The Balaban J connectivity index is 1.10. The van der Waals surface area contributed by atoms with Crippen molar-refractivity contribution in [3.8, 4) is 17.6 Å². The number of methoxy groups -OCH3 is 2. The Morgan fingerprint density at radius 2 is 1.05 bits per heavy atom. The smallest absolute Gasteiger partial charge is 0.338 e. The highest BCUT2D eigenvalue weighted by molar-refractivity contribution is 7.44. The van der Waals surface area contributed by atoms with E-state index < -0.39 is 130 Å². The molecule has 0 amide bonds. The monoisotopic (exact) mass is 1450 g/mol. The van der Waals surface area contributed by atoms with E-state index in [0.717, 1.165) is 10.1 Å². The van der Waals surface area contributed by atoms with Crippen molar-refractivity contribution in [3.05, 3.63) is 272 Å². The van der Waals surface area contributed by atoms with Gasteiger partial charge in [-0.2, -0.15) is 5.26 Å². The second-order valence-electron chi connectivity index (χ2n) is 26.3. The highest BCUT2D eigenvalue weighted by Crippen LogP contribution is 2.51. The van der Waals surface area contributed by atoms with Crippen molar-refractivity contribution in [2.45, 2.75) is 141 Å². The summed E-state index contributed by atoms with van der Waals surface area (Å²) in [6.07, 6.45) is -11.3. The van der Waals surface area contributed by atoms with Gasteiger partial charge in [-0.3, -0.25) is 14.2 Å². The van der Waals surface area contributed by atoms with E-state index in [-0.39, 0.29) is 66.0 Å². The van der Waals surface area contributed by atoms with E-state index in [9.17, 15) is 29.2 Å². The molecule has 7 aromatic carbocycles. The topological polar surface area (TPSA) is 276 Å². The number of aromatic nitrogens is 2. The van der Waals surface area contributed by atoms with E-state index >= 15 is 9.59 Å². The van der Waals surface area contributed by atoms with Crippen molar-refractivity contribution in [2.24, 2.45) is 5.41 Å². The van der Waals surface area contributed by atoms with Crippen molar-refractivity contribution < 1.29 is 85.1 Å². The van der Waals surface area contributed by atoms with E-state index in [1.807, 2.05) is 111 Å². The summed E-state index contributed by atoms with van der Waals surface area (Å²) in [7, 11) is 1.13. The van der Waals surface area contributed by atoms with Crippen LogP contribution in [0.5, 0.6) is 11.5 Å². The summed E-state index contributed by atoms with van der Waals surface area (Å²) in [5.74, 6) is -3.30. The predicted molar refractivity (Wildman–Crippen MR) is 384 cm³/mol. The summed E-state index contributed by atoms with van der Waals surface area (Å²) in [6, 6.07) is 57.8. The lowest BCUT2D eigenvalue weighted by molar-refractivity contribution is -0.301. The predicted octanol–water partition coefficient (Wildman–Crippen LogP) is 12.3. The summed E-state index contributed by atoms with van der Waals surface area (Å²) in [5.41, 5.74) is -2.44. The van der Waals surface area contributed by atoms with Gasteiger partial charge in [0.25, 0.3) is 14.1 Å². The van der Waals surface area contributed by atoms with Gasteiger partial charge in [0.15, 0.2) is 31.3 Å². The van der Waals surface area contributed by atoms with E-state index in [1.54, 1.807) is 108 Å². The van der Waals surface area contributed by atoms with E-state index in [4.69, 9.17) is 61.2 Å². The van der Waals surface area contributed by atoms with Crippen molar-refractivity contribution >= 4 is 38.4 Å². The Kier molecular flexibility index (Phi) is 26.5. The Hall–Kier alpha value is -10.2. The minimum absolute atomic E-state index is 0.00966. The molecular weight excluding hydrogens is 1370 g/mol. The molecule has 0 N–H and O–H groups in total. The van der Waals surface area contributed by atoms with Crippen LogP contribution in [0.25, 0.3) is 0 Å². The van der Waals surface area contributed by atoms with Crippen LogP contribution in [0.3, 0.4) is 0 Å².